The molecule has 0 spiro atoms. The van der Waals surface area contributed by atoms with Gasteiger partial charge in [0, 0.05) is 13.1 Å². The average molecular weight is 182 g/mol. The van der Waals surface area contributed by atoms with E-state index in [4.69, 9.17) is 0 Å². The Balaban J connectivity index is 2.28. The van der Waals surface area contributed by atoms with Crippen molar-refractivity contribution in [3.63, 3.8) is 0 Å². The molecular formula is C7H10N4O2. The summed E-state index contributed by atoms with van der Waals surface area (Å²) in [5.41, 5.74) is 0.587. The van der Waals surface area contributed by atoms with E-state index in [-0.39, 0.29) is 11.7 Å². The van der Waals surface area contributed by atoms with Gasteiger partial charge in [0.25, 0.3) is 0 Å². The minimum atomic E-state index is -0.398. The topological polar surface area (TPSA) is 73.0 Å². The Labute approximate surface area is 74.7 Å². The Morgan fingerprint density at radius 3 is 2.85 bits per heavy atom. The van der Waals surface area contributed by atoms with E-state index >= 15 is 0 Å². The summed E-state index contributed by atoms with van der Waals surface area (Å²) < 4.78 is 1.67. The fourth-order valence-corrected chi connectivity index (χ4v) is 1.30. The van der Waals surface area contributed by atoms with Gasteiger partial charge in [-0.2, -0.15) is 5.10 Å². The Bertz CT molecular complexity index is 342. The number of aryl methyl sites for hydroxylation is 1. The van der Waals surface area contributed by atoms with Crippen LogP contribution in [0.25, 0.3) is 0 Å². The fraction of sp³-hybridized carbons (Fsp3) is 0.571. The zero-order valence-electron chi connectivity index (χ0n) is 7.23. The molecule has 1 aliphatic heterocycles. The lowest BCUT2D eigenvalue weighted by Gasteiger charge is -2.26. The third-order valence-electron chi connectivity index (χ3n) is 2.22. The first-order valence-corrected chi connectivity index (χ1v) is 4.09. The van der Waals surface area contributed by atoms with Crippen LogP contribution in [0.5, 0.6) is 0 Å². The molecule has 2 rings (SSSR count). The first-order valence-electron chi connectivity index (χ1n) is 4.09. The standard InChI is InChI=1S/C7H10N4O2/c1-5-7(11(12)13)4-10(9-5)6-2-8-3-6/h4,6,8H,2-3H2,1H3. The van der Waals surface area contributed by atoms with Crippen molar-refractivity contribution in [2.75, 3.05) is 13.1 Å². The summed E-state index contributed by atoms with van der Waals surface area (Å²) in [5.74, 6) is 0. The molecular weight excluding hydrogens is 172 g/mol. The summed E-state index contributed by atoms with van der Waals surface area (Å²) in [6.45, 7) is 3.34. The zero-order valence-corrected chi connectivity index (χ0v) is 7.23. The predicted molar refractivity (Wildman–Crippen MR) is 45.5 cm³/mol. The molecule has 0 aromatic carbocycles. The van der Waals surface area contributed by atoms with Gasteiger partial charge in [0.15, 0.2) is 0 Å². The van der Waals surface area contributed by atoms with Crippen LogP contribution in [0.1, 0.15) is 11.7 Å². The SMILES string of the molecule is Cc1nn(C2CNC2)cc1[N+](=O)[O-]. The molecule has 1 fully saturated rings. The summed E-state index contributed by atoms with van der Waals surface area (Å²) in [6.07, 6.45) is 1.50. The number of nitrogens with zero attached hydrogens (tertiary/aromatic N) is 3. The van der Waals surface area contributed by atoms with Crippen LogP contribution >= 0.6 is 0 Å². The summed E-state index contributed by atoms with van der Waals surface area (Å²) >= 11 is 0. The first-order chi connectivity index (χ1) is 6.18. The first kappa shape index (κ1) is 8.18. The van der Waals surface area contributed by atoms with Crippen LogP contribution in [0.3, 0.4) is 0 Å². The van der Waals surface area contributed by atoms with Gasteiger partial charge in [0.05, 0.1) is 11.0 Å². The number of nitrogens with one attached hydrogen (secondary N) is 1. The minimum absolute atomic E-state index is 0.104. The van der Waals surface area contributed by atoms with Crippen molar-refractivity contribution < 1.29 is 4.92 Å². The number of nitro groups is 1. The van der Waals surface area contributed by atoms with Crippen molar-refractivity contribution in [1.29, 1.82) is 0 Å². The van der Waals surface area contributed by atoms with Gasteiger partial charge in [-0.3, -0.25) is 14.8 Å². The van der Waals surface area contributed by atoms with Gasteiger partial charge < -0.3 is 5.32 Å². The maximum Gasteiger partial charge on any atom is 0.309 e. The van der Waals surface area contributed by atoms with E-state index in [1.807, 2.05) is 0 Å². The van der Waals surface area contributed by atoms with Gasteiger partial charge in [-0.05, 0) is 6.92 Å². The maximum atomic E-state index is 10.5. The average Bonchev–Trinajstić information content (AvgIpc) is 2.27. The summed E-state index contributed by atoms with van der Waals surface area (Å²) in [6, 6.07) is 0.285. The molecule has 6 heteroatoms. The van der Waals surface area contributed by atoms with Crippen LogP contribution in [-0.2, 0) is 0 Å². The Morgan fingerprint density at radius 2 is 2.46 bits per heavy atom. The summed E-state index contributed by atoms with van der Waals surface area (Å²) in [7, 11) is 0. The van der Waals surface area contributed by atoms with E-state index < -0.39 is 4.92 Å². The molecule has 1 aromatic heterocycles. The molecule has 0 saturated carbocycles. The highest BCUT2D eigenvalue weighted by atomic mass is 16.6. The highest BCUT2D eigenvalue weighted by Gasteiger charge is 2.23. The number of aromatic nitrogens is 2. The predicted octanol–water partition coefficient (Wildman–Crippen LogP) is 0.244. The second kappa shape index (κ2) is 2.81. The molecule has 70 valence electrons. The van der Waals surface area contributed by atoms with Crippen LogP contribution in [0.15, 0.2) is 6.20 Å². The molecule has 2 heterocycles. The van der Waals surface area contributed by atoms with Crippen LogP contribution < -0.4 is 5.32 Å². The van der Waals surface area contributed by atoms with Crippen LogP contribution in [0.4, 0.5) is 5.69 Å². The normalized spacial score (nSPS) is 17.0. The van der Waals surface area contributed by atoms with Crippen molar-refractivity contribution in [3.05, 3.63) is 22.0 Å². The van der Waals surface area contributed by atoms with Gasteiger partial charge in [-0.15, -0.1) is 0 Å². The third-order valence-corrected chi connectivity index (χ3v) is 2.22. The fourth-order valence-electron chi connectivity index (χ4n) is 1.30. The van der Waals surface area contributed by atoms with E-state index in [9.17, 15) is 10.1 Å². The highest BCUT2D eigenvalue weighted by Crippen LogP contribution is 2.19. The smallest absolute Gasteiger partial charge is 0.309 e. The molecule has 0 amide bonds. The lowest BCUT2D eigenvalue weighted by Crippen LogP contribution is -2.43. The molecule has 1 aliphatic rings. The van der Waals surface area contributed by atoms with E-state index in [1.165, 1.54) is 6.20 Å². The lowest BCUT2D eigenvalue weighted by molar-refractivity contribution is -0.385. The van der Waals surface area contributed by atoms with E-state index in [1.54, 1.807) is 11.6 Å². The second-order valence-corrected chi connectivity index (χ2v) is 3.15. The van der Waals surface area contributed by atoms with E-state index in [0.29, 0.717) is 5.69 Å². The van der Waals surface area contributed by atoms with Gasteiger partial charge in [0.2, 0.25) is 0 Å². The lowest BCUT2D eigenvalue weighted by atomic mass is 10.2. The molecule has 0 aliphatic carbocycles. The molecule has 13 heavy (non-hydrogen) atoms. The number of rotatable bonds is 2. The molecule has 0 radical (unpaired) electrons. The van der Waals surface area contributed by atoms with E-state index in [0.717, 1.165) is 13.1 Å². The second-order valence-electron chi connectivity index (χ2n) is 3.15. The van der Waals surface area contributed by atoms with Gasteiger partial charge in [0.1, 0.15) is 11.9 Å². The minimum Gasteiger partial charge on any atom is -0.312 e. The molecule has 1 N–H and O–H groups in total. The van der Waals surface area contributed by atoms with Gasteiger partial charge in [-0.1, -0.05) is 0 Å². The largest absolute Gasteiger partial charge is 0.312 e. The Morgan fingerprint density at radius 1 is 1.77 bits per heavy atom. The van der Waals surface area contributed by atoms with Gasteiger partial charge >= 0.3 is 5.69 Å². The van der Waals surface area contributed by atoms with Crippen LogP contribution in [0, 0.1) is 17.0 Å². The maximum absolute atomic E-state index is 10.5. The quantitative estimate of drug-likeness (QED) is 0.525. The Hall–Kier alpha value is -1.43. The van der Waals surface area contributed by atoms with E-state index in [2.05, 4.69) is 10.4 Å². The number of hydrogen-bond donors (Lipinski definition) is 1. The van der Waals surface area contributed by atoms with Gasteiger partial charge in [-0.25, -0.2) is 0 Å². The monoisotopic (exact) mass is 182 g/mol. The molecule has 0 unspecified atom stereocenters. The molecule has 1 saturated heterocycles. The van der Waals surface area contributed by atoms with Crippen molar-refractivity contribution in [1.82, 2.24) is 15.1 Å². The molecule has 6 nitrogen and oxygen atoms in total. The summed E-state index contributed by atoms with van der Waals surface area (Å²) in [5, 5.41) is 17.7. The highest BCUT2D eigenvalue weighted by molar-refractivity contribution is 5.31. The van der Waals surface area contributed by atoms with Crippen LogP contribution in [0.2, 0.25) is 0 Å². The number of hydrogen-bond acceptors (Lipinski definition) is 4. The van der Waals surface area contributed by atoms with Crippen molar-refractivity contribution in [2.45, 2.75) is 13.0 Å². The van der Waals surface area contributed by atoms with Crippen molar-refractivity contribution >= 4 is 5.69 Å². The molecule has 0 bridgehead atoms. The third kappa shape index (κ3) is 1.29. The molecule has 1 aromatic rings. The molecule has 0 atom stereocenters. The summed E-state index contributed by atoms with van der Waals surface area (Å²) in [4.78, 5) is 10.1. The van der Waals surface area contributed by atoms with Crippen molar-refractivity contribution in [3.8, 4) is 0 Å². The van der Waals surface area contributed by atoms with Crippen molar-refractivity contribution in [2.24, 2.45) is 0 Å². The van der Waals surface area contributed by atoms with Crippen LogP contribution in [-0.4, -0.2) is 27.8 Å². The zero-order chi connectivity index (χ0) is 9.42. The Kier molecular flexibility index (Phi) is 1.77.